The minimum Gasteiger partial charge on any atom is -0.494 e. The first-order valence-corrected chi connectivity index (χ1v) is 9.25. The fraction of sp³-hybridized carbons (Fsp3) is 0.273. The van der Waals surface area contributed by atoms with Crippen LogP contribution in [0.1, 0.15) is 25.7 Å². The number of rotatable bonds is 3. The molecule has 4 aromatic rings. The number of aromatic hydroxyl groups is 1. The molecule has 0 amide bonds. The summed E-state index contributed by atoms with van der Waals surface area (Å²) in [6.45, 7) is 0. The molecule has 0 aliphatic heterocycles. The molecule has 0 saturated heterocycles. The summed E-state index contributed by atoms with van der Waals surface area (Å²) in [5.74, 6) is 1.10. The molecule has 2 aromatic heterocycles. The number of hydrogen-bond acceptors (Lipinski definition) is 2. The number of aryl methyl sites for hydroxylation is 1. The van der Waals surface area contributed by atoms with Gasteiger partial charge >= 0.3 is 0 Å². The van der Waals surface area contributed by atoms with Crippen molar-refractivity contribution < 1.29 is 9.84 Å². The Hall–Kier alpha value is -2.88. The van der Waals surface area contributed by atoms with Crippen molar-refractivity contribution in [3.63, 3.8) is 0 Å². The van der Waals surface area contributed by atoms with E-state index < -0.39 is 0 Å². The third-order valence-corrected chi connectivity index (χ3v) is 5.51. The quantitative estimate of drug-likeness (QED) is 0.557. The van der Waals surface area contributed by atoms with E-state index in [0.29, 0.717) is 6.10 Å². The van der Waals surface area contributed by atoms with E-state index >= 15 is 0 Å². The van der Waals surface area contributed by atoms with Gasteiger partial charge in [0.1, 0.15) is 5.75 Å². The molecule has 1 N–H and O–H groups in total. The maximum atomic E-state index is 10.8. The van der Waals surface area contributed by atoms with Crippen molar-refractivity contribution in [1.82, 2.24) is 9.13 Å². The van der Waals surface area contributed by atoms with Gasteiger partial charge in [-0.15, -0.1) is 0 Å². The van der Waals surface area contributed by atoms with E-state index in [0.717, 1.165) is 40.4 Å². The maximum Gasteiger partial charge on any atom is 0.203 e. The Morgan fingerprint density at radius 1 is 1.00 bits per heavy atom. The van der Waals surface area contributed by atoms with E-state index in [4.69, 9.17) is 4.74 Å². The lowest BCUT2D eigenvalue weighted by Crippen LogP contribution is -2.10. The number of fused-ring (bicyclic) bond motifs is 2. The number of ether oxygens (including phenoxy) is 1. The second-order valence-corrected chi connectivity index (χ2v) is 7.27. The lowest BCUT2D eigenvalue weighted by molar-refractivity contribution is 0.210. The number of hydrogen-bond donors (Lipinski definition) is 1. The van der Waals surface area contributed by atoms with E-state index in [-0.39, 0.29) is 5.88 Å². The van der Waals surface area contributed by atoms with Gasteiger partial charge in [0, 0.05) is 46.8 Å². The molecule has 2 aromatic carbocycles. The number of aromatic nitrogens is 2. The summed E-state index contributed by atoms with van der Waals surface area (Å²) < 4.78 is 10.0. The highest BCUT2D eigenvalue weighted by Crippen LogP contribution is 2.34. The van der Waals surface area contributed by atoms with Crippen LogP contribution in [0.3, 0.4) is 0 Å². The second kappa shape index (κ2) is 5.84. The van der Waals surface area contributed by atoms with Crippen LogP contribution in [0.5, 0.6) is 11.6 Å². The Labute approximate surface area is 152 Å². The zero-order chi connectivity index (χ0) is 17.7. The van der Waals surface area contributed by atoms with Crippen LogP contribution >= 0.6 is 0 Å². The molecule has 1 saturated carbocycles. The highest BCUT2D eigenvalue weighted by Gasteiger charge is 2.17. The van der Waals surface area contributed by atoms with Gasteiger partial charge in [-0.1, -0.05) is 0 Å². The summed E-state index contributed by atoms with van der Waals surface area (Å²) in [7, 11) is 2.04. The van der Waals surface area contributed by atoms with E-state index in [2.05, 4.69) is 22.8 Å². The lowest BCUT2D eigenvalue weighted by atomic mass is 10.2. The fourth-order valence-corrected chi connectivity index (χ4v) is 4.06. The Morgan fingerprint density at radius 2 is 1.85 bits per heavy atom. The summed E-state index contributed by atoms with van der Waals surface area (Å²) in [6, 6.07) is 14.3. The first-order chi connectivity index (χ1) is 12.7. The Balaban J connectivity index is 1.55. The van der Waals surface area contributed by atoms with E-state index in [9.17, 15) is 5.11 Å². The van der Waals surface area contributed by atoms with Crippen molar-refractivity contribution in [2.24, 2.45) is 7.05 Å². The number of nitrogens with zero attached hydrogens (tertiary/aromatic N) is 2. The van der Waals surface area contributed by atoms with Crippen LogP contribution < -0.4 is 4.74 Å². The van der Waals surface area contributed by atoms with E-state index in [1.54, 1.807) is 0 Å². The average Bonchev–Trinajstić information content (AvgIpc) is 3.36. The van der Waals surface area contributed by atoms with Crippen molar-refractivity contribution in [2.75, 3.05) is 0 Å². The molecule has 2 heterocycles. The monoisotopic (exact) mass is 346 g/mol. The molecular weight excluding hydrogens is 324 g/mol. The Bertz CT molecular complexity index is 1100. The van der Waals surface area contributed by atoms with Gasteiger partial charge in [0.25, 0.3) is 0 Å². The third kappa shape index (κ3) is 2.45. The fourth-order valence-electron chi connectivity index (χ4n) is 4.06. The van der Waals surface area contributed by atoms with Crippen LogP contribution in [0.25, 0.3) is 27.4 Å². The van der Waals surface area contributed by atoms with Crippen molar-refractivity contribution >= 4 is 21.7 Å². The van der Waals surface area contributed by atoms with Crippen molar-refractivity contribution in [2.45, 2.75) is 31.8 Å². The van der Waals surface area contributed by atoms with Crippen molar-refractivity contribution in [3.05, 3.63) is 54.9 Å². The van der Waals surface area contributed by atoms with Crippen LogP contribution in [0.4, 0.5) is 0 Å². The SMILES string of the molecule is Cn1ccc2cc(-n3cc4ccc(OC5CCCC5)cc4c3O)ccc21. The molecule has 0 unspecified atom stereocenters. The largest absolute Gasteiger partial charge is 0.494 e. The first-order valence-electron chi connectivity index (χ1n) is 9.25. The minimum absolute atomic E-state index is 0.257. The third-order valence-electron chi connectivity index (χ3n) is 5.51. The molecule has 0 bridgehead atoms. The van der Waals surface area contributed by atoms with Crippen molar-refractivity contribution in [1.29, 1.82) is 0 Å². The smallest absolute Gasteiger partial charge is 0.203 e. The standard InChI is InChI=1S/C22H22N2O2/c1-23-11-10-15-12-17(7-9-21(15)23)24-14-16-6-8-19(13-20(16)22(24)25)26-18-4-2-3-5-18/h6-14,18,25H,2-5H2,1H3. The first kappa shape index (κ1) is 15.4. The average molecular weight is 346 g/mol. The Morgan fingerprint density at radius 3 is 2.69 bits per heavy atom. The van der Waals surface area contributed by atoms with Gasteiger partial charge in [0.05, 0.1) is 6.10 Å². The summed E-state index contributed by atoms with van der Waals surface area (Å²) in [5, 5.41) is 13.8. The maximum absolute atomic E-state index is 10.8. The lowest BCUT2D eigenvalue weighted by Gasteiger charge is -2.12. The predicted molar refractivity (Wildman–Crippen MR) is 104 cm³/mol. The highest BCUT2D eigenvalue weighted by atomic mass is 16.5. The van der Waals surface area contributed by atoms with Gasteiger partial charge < -0.3 is 14.4 Å². The summed E-state index contributed by atoms with van der Waals surface area (Å²) in [4.78, 5) is 0. The van der Waals surface area contributed by atoms with Gasteiger partial charge in [-0.3, -0.25) is 4.57 Å². The Kier molecular flexibility index (Phi) is 3.45. The van der Waals surface area contributed by atoms with E-state index in [1.165, 1.54) is 18.4 Å². The van der Waals surface area contributed by atoms with Gasteiger partial charge in [-0.2, -0.15) is 0 Å². The number of benzene rings is 2. The molecule has 4 nitrogen and oxygen atoms in total. The zero-order valence-electron chi connectivity index (χ0n) is 14.9. The van der Waals surface area contributed by atoms with E-state index in [1.807, 2.05) is 48.3 Å². The minimum atomic E-state index is 0.257. The van der Waals surface area contributed by atoms with Crippen LogP contribution in [-0.4, -0.2) is 20.3 Å². The molecule has 1 fully saturated rings. The molecule has 0 atom stereocenters. The molecule has 132 valence electrons. The predicted octanol–water partition coefficient (Wildman–Crippen LogP) is 5.15. The second-order valence-electron chi connectivity index (χ2n) is 7.27. The molecule has 4 heteroatoms. The van der Waals surface area contributed by atoms with Crippen LogP contribution in [0.2, 0.25) is 0 Å². The van der Waals surface area contributed by atoms with Gasteiger partial charge in [0.15, 0.2) is 0 Å². The molecule has 1 aliphatic carbocycles. The molecule has 1 aliphatic rings. The normalized spacial score (nSPS) is 15.3. The van der Waals surface area contributed by atoms with Crippen molar-refractivity contribution in [3.8, 4) is 17.3 Å². The summed E-state index contributed by atoms with van der Waals surface area (Å²) >= 11 is 0. The van der Waals surface area contributed by atoms with Gasteiger partial charge in [0.2, 0.25) is 5.88 Å². The molecule has 0 spiro atoms. The zero-order valence-corrected chi connectivity index (χ0v) is 14.9. The molecule has 5 rings (SSSR count). The van der Waals surface area contributed by atoms with Gasteiger partial charge in [-0.05, 0) is 68.1 Å². The van der Waals surface area contributed by atoms with Crippen LogP contribution in [0.15, 0.2) is 54.9 Å². The summed E-state index contributed by atoms with van der Waals surface area (Å²) in [5.41, 5.74) is 2.13. The highest BCUT2D eigenvalue weighted by molar-refractivity contribution is 5.90. The van der Waals surface area contributed by atoms with Crippen LogP contribution in [0, 0.1) is 0 Å². The molecule has 0 radical (unpaired) electrons. The summed E-state index contributed by atoms with van der Waals surface area (Å²) in [6.07, 6.45) is 9.09. The molecule has 26 heavy (non-hydrogen) atoms. The van der Waals surface area contributed by atoms with Gasteiger partial charge in [-0.25, -0.2) is 0 Å². The van der Waals surface area contributed by atoms with Crippen LogP contribution in [-0.2, 0) is 7.05 Å². The topological polar surface area (TPSA) is 39.3 Å². The molecular formula is C22H22N2O2.